The van der Waals surface area contributed by atoms with Crippen LogP contribution < -0.4 is 11.0 Å². The van der Waals surface area contributed by atoms with E-state index in [1.807, 2.05) is 6.07 Å². The molecule has 0 unspecified atom stereocenters. The van der Waals surface area contributed by atoms with Crippen LogP contribution in [0.4, 0.5) is 0 Å². The summed E-state index contributed by atoms with van der Waals surface area (Å²) in [6.45, 7) is 0. The molecule has 1 N–H and O–H groups in total. The zero-order chi connectivity index (χ0) is 15.4. The van der Waals surface area contributed by atoms with Gasteiger partial charge in [0.2, 0.25) is 5.91 Å². The zero-order valence-electron chi connectivity index (χ0n) is 12.2. The van der Waals surface area contributed by atoms with Crippen LogP contribution in [-0.2, 0) is 4.79 Å². The molecule has 1 amide bonds. The van der Waals surface area contributed by atoms with Crippen LogP contribution in [0.3, 0.4) is 0 Å². The second kappa shape index (κ2) is 6.91. The van der Waals surface area contributed by atoms with Crippen LogP contribution in [-0.4, -0.2) is 32.1 Å². The molecule has 7 heteroatoms. The highest BCUT2D eigenvalue weighted by atomic mass is 32.2. The number of carbonyl (C=O) groups excluding carboxylic acids is 1. The Morgan fingerprint density at radius 1 is 1.27 bits per heavy atom. The average molecular weight is 318 g/mol. The van der Waals surface area contributed by atoms with E-state index in [4.69, 9.17) is 0 Å². The fourth-order valence-electron chi connectivity index (χ4n) is 2.66. The third-order valence-corrected chi connectivity index (χ3v) is 4.60. The smallest absolute Gasteiger partial charge is 0.353 e. The van der Waals surface area contributed by atoms with Gasteiger partial charge in [-0.25, -0.2) is 9.78 Å². The van der Waals surface area contributed by atoms with Gasteiger partial charge in [0.25, 0.3) is 0 Å². The Balaban J connectivity index is 1.61. The maximum Gasteiger partial charge on any atom is 0.355 e. The first-order valence-electron chi connectivity index (χ1n) is 7.50. The van der Waals surface area contributed by atoms with Gasteiger partial charge in [0.05, 0.1) is 5.75 Å². The van der Waals surface area contributed by atoms with Gasteiger partial charge < -0.3 is 5.32 Å². The van der Waals surface area contributed by atoms with Gasteiger partial charge in [0.1, 0.15) is 5.65 Å². The first-order valence-corrected chi connectivity index (χ1v) is 8.48. The van der Waals surface area contributed by atoms with E-state index in [9.17, 15) is 9.59 Å². The maximum absolute atomic E-state index is 12.0. The topological polar surface area (TPSA) is 76.4 Å². The minimum absolute atomic E-state index is 0.0197. The summed E-state index contributed by atoms with van der Waals surface area (Å²) < 4.78 is 1.38. The van der Waals surface area contributed by atoms with Gasteiger partial charge in [-0.2, -0.15) is 4.98 Å². The first-order chi connectivity index (χ1) is 10.7. The predicted octanol–water partition coefficient (Wildman–Crippen LogP) is 1.63. The molecule has 116 valence electrons. The largest absolute Gasteiger partial charge is 0.355 e. The van der Waals surface area contributed by atoms with Crippen molar-refractivity contribution in [1.29, 1.82) is 0 Å². The van der Waals surface area contributed by atoms with Crippen LogP contribution in [0.2, 0.25) is 0 Å². The maximum atomic E-state index is 12.0. The summed E-state index contributed by atoms with van der Waals surface area (Å²) >= 11 is 1.20. The number of amides is 1. The van der Waals surface area contributed by atoms with Gasteiger partial charge in [-0.15, -0.1) is 0 Å². The fraction of sp³-hybridized carbons (Fsp3) is 0.467. The Labute approximate surface area is 132 Å². The third-order valence-electron chi connectivity index (χ3n) is 3.75. The Hall–Kier alpha value is -1.89. The van der Waals surface area contributed by atoms with Crippen LogP contribution in [0.5, 0.6) is 0 Å². The molecule has 2 heterocycles. The molecule has 6 nitrogen and oxygen atoms in total. The quantitative estimate of drug-likeness (QED) is 0.867. The van der Waals surface area contributed by atoms with Crippen molar-refractivity contribution in [1.82, 2.24) is 19.7 Å². The molecule has 0 spiro atoms. The van der Waals surface area contributed by atoms with E-state index in [1.54, 1.807) is 18.3 Å². The van der Waals surface area contributed by atoms with Gasteiger partial charge >= 0.3 is 5.69 Å². The fourth-order valence-corrected chi connectivity index (χ4v) is 3.30. The number of pyridine rings is 1. The summed E-state index contributed by atoms with van der Waals surface area (Å²) in [5, 5.41) is 3.38. The SMILES string of the molecule is O=C(CSc1nc(=O)n2ccccc2n1)NC1CCCCC1. The van der Waals surface area contributed by atoms with Gasteiger partial charge in [0, 0.05) is 12.2 Å². The number of aromatic nitrogens is 3. The summed E-state index contributed by atoms with van der Waals surface area (Å²) in [5.74, 6) is 0.215. The summed E-state index contributed by atoms with van der Waals surface area (Å²) in [5.41, 5.74) is 0.165. The predicted molar refractivity (Wildman–Crippen MR) is 85.0 cm³/mol. The molecule has 0 bridgehead atoms. The molecule has 3 rings (SSSR count). The minimum atomic E-state index is -0.374. The molecule has 22 heavy (non-hydrogen) atoms. The summed E-state index contributed by atoms with van der Waals surface area (Å²) in [4.78, 5) is 32.0. The lowest BCUT2D eigenvalue weighted by Crippen LogP contribution is -2.37. The number of nitrogens with one attached hydrogen (secondary N) is 1. The van der Waals surface area contributed by atoms with Crippen molar-refractivity contribution in [3.8, 4) is 0 Å². The van der Waals surface area contributed by atoms with Crippen LogP contribution in [0.15, 0.2) is 34.3 Å². The van der Waals surface area contributed by atoms with E-state index >= 15 is 0 Å². The van der Waals surface area contributed by atoms with Crippen molar-refractivity contribution in [2.75, 3.05) is 5.75 Å². The van der Waals surface area contributed by atoms with E-state index in [0.29, 0.717) is 16.8 Å². The van der Waals surface area contributed by atoms with Gasteiger partial charge in [0.15, 0.2) is 5.16 Å². The van der Waals surface area contributed by atoms with Crippen molar-refractivity contribution in [2.45, 2.75) is 43.3 Å². The van der Waals surface area contributed by atoms with E-state index in [2.05, 4.69) is 15.3 Å². The van der Waals surface area contributed by atoms with E-state index in [0.717, 1.165) is 12.8 Å². The van der Waals surface area contributed by atoms with Crippen LogP contribution >= 0.6 is 11.8 Å². The third kappa shape index (κ3) is 3.65. The normalized spacial score (nSPS) is 15.8. The molecule has 0 aliphatic heterocycles. The molecule has 1 fully saturated rings. The molecular weight excluding hydrogens is 300 g/mol. The van der Waals surface area contributed by atoms with E-state index < -0.39 is 0 Å². The average Bonchev–Trinajstić information content (AvgIpc) is 2.54. The summed E-state index contributed by atoms with van der Waals surface area (Å²) in [7, 11) is 0. The molecule has 2 aromatic rings. The number of nitrogens with zero attached hydrogens (tertiary/aromatic N) is 3. The Morgan fingerprint density at radius 2 is 2.09 bits per heavy atom. The molecule has 1 saturated carbocycles. The van der Waals surface area contributed by atoms with Crippen molar-refractivity contribution in [3.63, 3.8) is 0 Å². The van der Waals surface area contributed by atoms with Gasteiger partial charge in [-0.05, 0) is 25.0 Å². The van der Waals surface area contributed by atoms with Crippen LogP contribution in [0.1, 0.15) is 32.1 Å². The van der Waals surface area contributed by atoms with E-state index in [1.165, 1.54) is 35.4 Å². The van der Waals surface area contributed by atoms with Crippen molar-refractivity contribution < 1.29 is 4.79 Å². The van der Waals surface area contributed by atoms with Crippen LogP contribution in [0, 0.1) is 0 Å². The lowest BCUT2D eigenvalue weighted by Gasteiger charge is -2.22. The monoisotopic (exact) mass is 318 g/mol. The Morgan fingerprint density at radius 3 is 2.91 bits per heavy atom. The molecular formula is C15H18N4O2S. The number of rotatable bonds is 4. The first kappa shape index (κ1) is 15.0. The number of carbonyl (C=O) groups is 1. The highest BCUT2D eigenvalue weighted by Gasteiger charge is 2.16. The van der Waals surface area contributed by atoms with Gasteiger partial charge in [-0.1, -0.05) is 37.1 Å². The second-order valence-corrected chi connectivity index (χ2v) is 6.35. The second-order valence-electron chi connectivity index (χ2n) is 5.41. The molecule has 0 saturated heterocycles. The lowest BCUT2D eigenvalue weighted by atomic mass is 9.95. The number of hydrogen-bond acceptors (Lipinski definition) is 5. The highest BCUT2D eigenvalue weighted by molar-refractivity contribution is 7.99. The van der Waals surface area contributed by atoms with E-state index in [-0.39, 0.29) is 17.3 Å². The number of hydrogen-bond donors (Lipinski definition) is 1. The molecule has 2 aromatic heterocycles. The highest BCUT2D eigenvalue weighted by Crippen LogP contribution is 2.18. The molecule has 1 aliphatic rings. The minimum Gasteiger partial charge on any atom is -0.353 e. The number of fused-ring (bicyclic) bond motifs is 1. The molecule has 0 atom stereocenters. The van der Waals surface area contributed by atoms with Crippen molar-refractivity contribution >= 4 is 23.3 Å². The Bertz CT molecular complexity index is 725. The molecule has 0 radical (unpaired) electrons. The van der Waals surface area contributed by atoms with Crippen LogP contribution in [0.25, 0.3) is 5.65 Å². The Kier molecular flexibility index (Phi) is 4.72. The zero-order valence-corrected chi connectivity index (χ0v) is 13.0. The van der Waals surface area contributed by atoms with Crippen molar-refractivity contribution in [2.24, 2.45) is 0 Å². The lowest BCUT2D eigenvalue weighted by molar-refractivity contribution is -0.119. The number of thioether (sulfide) groups is 1. The summed E-state index contributed by atoms with van der Waals surface area (Å²) in [6.07, 6.45) is 7.37. The van der Waals surface area contributed by atoms with Gasteiger partial charge in [-0.3, -0.25) is 9.20 Å². The summed E-state index contributed by atoms with van der Waals surface area (Å²) in [6, 6.07) is 5.61. The molecule has 1 aliphatic carbocycles. The standard InChI is InChI=1S/C15H18N4O2S/c20-13(16-11-6-2-1-3-7-11)10-22-14-17-12-8-4-5-9-19(12)15(21)18-14/h4-5,8-9,11H,1-3,6-7,10H2,(H,16,20). The van der Waals surface area contributed by atoms with Crippen molar-refractivity contribution in [3.05, 3.63) is 34.9 Å². The molecule has 0 aromatic carbocycles.